The largest absolute Gasteiger partial charge is 0.461 e. The Hall–Kier alpha value is -3.08. The zero-order chi connectivity index (χ0) is 18.2. The molecule has 2 aromatic rings. The van der Waals surface area contributed by atoms with Crippen molar-refractivity contribution < 1.29 is 14.3 Å². The highest BCUT2D eigenvalue weighted by molar-refractivity contribution is 6.03. The standard InChI is InChI=1S/C20H22N2O3/c1-4-19(23)25-15-14-22(18-13-9-8-10-16(18)2)20(24)21(3)17-11-6-5-7-12-17/h4-13H,1,14-15H2,2-3H3. The molecule has 0 bridgehead atoms. The van der Waals surface area contributed by atoms with E-state index in [2.05, 4.69) is 6.58 Å². The van der Waals surface area contributed by atoms with Crippen LogP contribution in [0.1, 0.15) is 5.56 Å². The second-order valence-electron chi connectivity index (χ2n) is 5.49. The molecule has 0 fully saturated rings. The number of hydrogen-bond donors (Lipinski definition) is 0. The number of nitrogens with zero attached hydrogens (tertiary/aromatic N) is 2. The quantitative estimate of drug-likeness (QED) is 0.595. The predicted octanol–water partition coefficient (Wildman–Crippen LogP) is 3.79. The first-order valence-electron chi connectivity index (χ1n) is 7.99. The average molecular weight is 338 g/mol. The lowest BCUT2D eigenvalue weighted by Gasteiger charge is -2.29. The van der Waals surface area contributed by atoms with Crippen LogP contribution in [0.25, 0.3) is 0 Å². The lowest BCUT2D eigenvalue weighted by atomic mass is 10.2. The molecule has 0 aliphatic heterocycles. The van der Waals surface area contributed by atoms with E-state index in [0.29, 0.717) is 0 Å². The first kappa shape index (κ1) is 18.3. The van der Waals surface area contributed by atoms with Crippen molar-refractivity contribution in [1.82, 2.24) is 0 Å². The number of anilines is 2. The fourth-order valence-electron chi connectivity index (χ4n) is 2.42. The Labute approximate surface area is 148 Å². The monoisotopic (exact) mass is 338 g/mol. The molecule has 0 unspecified atom stereocenters. The third-order valence-electron chi connectivity index (χ3n) is 3.79. The van der Waals surface area contributed by atoms with Crippen molar-refractivity contribution in [2.75, 3.05) is 30.0 Å². The molecule has 5 heteroatoms. The van der Waals surface area contributed by atoms with E-state index in [-0.39, 0.29) is 19.2 Å². The number of carbonyl (C=O) groups excluding carboxylic acids is 2. The van der Waals surface area contributed by atoms with Crippen LogP contribution in [0.2, 0.25) is 0 Å². The Balaban J connectivity index is 2.24. The maximum atomic E-state index is 13.0. The molecular formula is C20H22N2O3. The molecule has 2 amide bonds. The Morgan fingerprint density at radius 2 is 1.72 bits per heavy atom. The van der Waals surface area contributed by atoms with Gasteiger partial charge in [0.25, 0.3) is 0 Å². The van der Waals surface area contributed by atoms with Crippen LogP contribution in [-0.2, 0) is 9.53 Å². The molecule has 0 heterocycles. The molecule has 25 heavy (non-hydrogen) atoms. The van der Waals surface area contributed by atoms with Crippen molar-refractivity contribution >= 4 is 23.4 Å². The molecule has 130 valence electrons. The number of amides is 2. The summed E-state index contributed by atoms with van der Waals surface area (Å²) in [5, 5.41) is 0. The van der Waals surface area contributed by atoms with Gasteiger partial charge in [0.1, 0.15) is 6.61 Å². The Kier molecular flexibility index (Phi) is 6.34. The van der Waals surface area contributed by atoms with Crippen molar-refractivity contribution in [2.45, 2.75) is 6.92 Å². The van der Waals surface area contributed by atoms with Crippen molar-refractivity contribution in [1.29, 1.82) is 0 Å². The van der Waals surface area contributed by atoms with Crippen molar-refractivity contribution in [3.05, 3.63) is 72.8 Å². The Morgan fingerprint density at radius 1 is 1.08 bits per heavy atom. The number of urea groups is 1. The van der Waals surface area contributed by atoms with Crippen LogP contribution in [0.4, 0.5) is 16.2 Å². The molecule has 0 N–H and O–H groups in total. The van der Waals surface area contributed by atoms with Crippen LogP contribution in [0.15, 0.2) is 67.3 Å². The lowest BCUT2D eigenvalue weighted by Crippen LogP contribution is -2.43. The molecule has 0 radical (unpaired) electrons. The molecule has 0 aliphatic carbocycles. The van der Waals surface area contributed by atoms with E-state index in [1.165, 1.54) is 0 Å². The van der Waals surface area contributed by atoms with Gasteiger partial charge < -0.3 is 4.74 Å². The van der Waals surface area contributed by atoms with Gasteiger partial charge in [0.2, 0.25) is 0 Å². The normalized spacial score (nSPS) is 10.0. The topological polar surface area (TPSA) is 49.9 Å². The summed E-state index contributed by atoms with van der Waals surface area (Å²) in [5.41, 5.74) is 2.53. The van der Waals surface area contributed by atoms with E-state index in [0.717, 1.165) is 23.0 Å². The van der Waals surface area contributed by atoms with Crippen LogP contribution in [0.5, 0.6) is 0 Å². The number of benzene rings is 2. The molecule has 0 saturated carbocycles. The van der Waals surface area contributed by atoms with E-state index in [4.69, 9.17) is 4.74 Å². The molecule has 2 aromatic carbocycles. The van der Waals surface area contributed by atoms with Gasteiger partial charge in [-0.15, -0.1) is 0 Å². The third-order valence-corrected chi connectivity index (χ3v) is 3.79. The number of aryl methyl sites for hydroxylation is 1. The van der Waals surface area contributed by atoms with Gasteiger partial charge in [0.05, 0.1) is 6.54 Å². The summed E-state index contributed by atoms with van der Waals surface area (Å²) in [6.45, 7) is 5.65. The third kappa shape index (κ3) is 4.70. The number of ether oxygens (including phenoxy) is 1. The van der Waals surface area contributed by atoms with E-state index >= 15 is 0 Å². The maximum Gasteiger partial charge on any atom is 0.330 e. The Morgan fingerprint density at radius 3 is 2.36 bits per heavy atom. The molecule has 0 saturated heterocycles. The zero-order valence-electron chi connectivity index (χ0n) is 14.5. The minimum Gasteiger partial charge on any atom is -0.461 e. The predicted molar refractivity (Wildman–Crippen MR) is 99.9 cm³/mol. The smallest absolute Gasteiger partial charge is 0.330 e. The SMILES string of the molecule is C=CC(=O)OCCN(C(=O)N(C)c1ccccc1)c1ccccc1C. The number of rotatable bonds is 6. The van der Waals surface area contributed by atoms with Gasteiger partial charge in [-0.1, -0.05) is 43.0 Å². The van der Waals surface area contributed by atoms with E-state index in [1.54, 1.807) is 16.8 Å². The van der Waals surface area contributed by atoms with Crippen molar-refractivity contribution in [3.8, 4) is 0 Å². The highest BCUT2D eigenvalue weighted by Gasteiger charge is 2.22. The summed E-state index contributed by atoms with van der Waals surface area (Å²) in [4.78, 5) is 27.5. The minimum atomic E-state index is -0.506. The molecule has 0 aliphatic rings. The number of esters is 1. The first-order chi connectivity index (χ1) is 12.0. The van der Waals surface area contributed by atoms with E-state index in [9.17, 15) is 9.59 Å². The fourth-order valence-corrected chi connectivity index (χ4v) is 2.42. The van der Waals surface area contributed by atoms with Gasteiger partial charge in [-0.05, 0) is 30.7 Å². The highest BCUT2D eigenvalue weighted by atomic mass is 16.5. The lowest BCUT2D eigenvalue weighted by molar-refractivity contribution is -0.137. The number of para-hydroxylation sites is 2. The second kappa shape index (κ2) is 8.68. The highest BCUT2D eigenvalue weighted by Crippen LogP contribution is 2.22. The summed E-state index contributed by atoms with van der Waals surface area (Å²) in [6, 6.07) is 16.8. The summed E-state index contributed by atoms with van der Waals surface area (Å²) in [5.74, 6) is -0.506. The Bertz CT molecular complexity index is 744. The van der Waals surface area contributed by atoms with Crippen molar-refractivity contribution in [3.63, 3.8) is 0 Å². The molecular weight excluding hydrogens is 316 g/mol. The summed E-state index contributed by atoms with van der Waals surface area (Å²) < 4.78 is 5.05. The number of carbonyl (C=O) groups is 2. The van der Waals surface area contributed by atoms with E-state index in [1.807, 2.05) is 61.5 Å². The van der Waals surface area contributed by atoms with Crippen LogP contribution in [0, 0.1) is 6.92 Å². The zero-order valence-corrected chi connectivity index (χ0v) is 14.5. The fraction of sp³-hybridized carbons (Fsp3) is 0.200. The van der Waals surface area contributed by atoms with Crippen LogP contribution in [-0.4, -0.2) is 32.2 Å². The number of hydrogen-bond acceptors (Lipinski definition) is 3. The van der Waals surface area contributed by atoms with Crippen LogP contribution in [0.3, 0.4) is 0 Å². The molecule has 5 nitrogen and oxygen atoms in total. The van der Waals surface area contributed by atoms with Gasteiger partial charge in [0.15, 0.2) is 0 Å². The van der Waals surface area contributed by atoms with Crippen LogP contribution >= 0.6 is 0 Å². The van der Waals surface area contributed by atoms with E-state index < -0.39 is 5.97 Å². The van der Waals surface area contributed by atoms with Gasteiger partial charge in [-0.25, -0.2) is 9.59 Å². The minimum absolute atomic E-state index is 0.0908. The van der Waals surface area contributed by atoms with Gasteiger partial charge in [-0.2, -0.15) is 0 Å². The van der Waals surface area contributed by atoms with Gasteiger partial charge in [-0.3, -0.25) is 9.80 Å². The molecule has 2 rings (SSSR count). The molecule has 0 aromatic heterocycles. The summed E-state index contributed by atoms with van der Waals surface area (Å²) in [6.07, 6.45) is 1.11. The second-order valence-corrected chi connectivity index (χ2v) is 5.49. The first-order valence-corrected chi connectivity index (χ1v) is 7.99. The van der Waals surface area contributed by atoms with Crippen LogP contribution < -0.4 is 9.80 Å². The van der Waals surface area contributed by atoms with Gasteiger partial charge in [0, 0.05) is 24.5 Å². The summed E-state index contributed by atoms with van der Waals surface area (Å²) in [7, 11) is 1.72. The maximum absolute atomic E-state index is 13.0. The molecule has 0 atom stereocenters. The van der Waals surface area contributed by atoms with Gasteiger partial charge >= 0.3 is 12.0 Å². The van der Waals surface area contributed by atoms with Crippen molar-refractivity contribution in [2.24, 2.45) is 0 Å². The summed E-state index contributed by atoms with van der Waals surface area (Å²) >= 11 is 0. The average Bonchev–Trinajstić information content (AvgIpc) is 2.65. The molecule has 0 spiro atoms.